The molecular formula is C30H38FN7O2. The second-order valence-corrected chi connectivity index (χ2v) is 10.8. The third-order valence-corrected chi connectivity index (χ3v) is 8.35. The fourth-order valence-electron chi connectivity index (χ4n) is 6.04. The molecule has 0 amide bonds. The molecule has 9 nitrogen and oxygen atoms in total. The van der Waals surface area contributed by atoms with Crippen molar-refractivity contribution < 1.29 is 14.0 Å². The van der Waals surface area contributed by atoms with Crippen LogP contribution < -0.4 is 20.0 Å². The number of benzene rings is 2. The molecule has 10 heteroatoms. The van der Waals surface area contributed by atoms with Crippen LogP contribution in [0, 0.1) is 5.82 Å². The zero-order chi connectivity index (χ0) is 27.5. The molecule has 3 fully saturated rings. The summed E-state index contributed by atoms with van der Waals surface area (Å²) in [5.41, 5.74) is 3.00. The first-order valence-electron chi connectivity index (χ1n) is 14.2. The minimum atomic E-state index is -0.251. The Labute approximate surface area is 235 Å². The summed E-state index contributed by atoms with van der Waals surface area (Å²) >= 11 is 0. The molecule has 0 spiro atoms. The summed E-state index contributed by atoms with van der Waals surface area (Å²) in [5, 5.41) is 5.18. The maximum atomic E-state index is 13.4. The molecule has 0 saturated carbocycles. The number of rotatable bonds is 7. The van der Waals surface area contributed by atoms with E-state index in [1.807, 2.05) is 12.1 Å². The highest BCUT2D eigenvalue weighted by atomic mass is 19.1. The fourth-order valence-corrected chi connectivity index (χ4v) is 6.04. The van der Waals surface area contributed by atoms with E-state index in [0.717, 1.165) is 55.3 Å². The van der Waals surface area contributed by atoms with E-state index in [2.05, 4.69) is 49.2 Å². The van der Waals surface area contributed by atoms with Crippen molar-refractivity contribution >= 4 is 23.0 Å². The Kier molecular flexibility index (Phi) is 7.99. The molecule has 0 radical (unpaired) electrons. The van der Waals surface area contributed by atoms with Gasteiger partial charge in [-0.25, -0.2) is 19.4 Å². The topological polar surface area (TPSA) is 69.2 Å². The van der Waals surface area contributed by atoms with Gasteiger partial charge in [-0.3, -0.25) is 9.74 Å². The van der Waals surface area contributed by atoms with Gasteiger partial charge < -0.3 is 19.9 Å². The molecule has 1 aromatic heterocycles. The van der Waals surface area contributed by atoms with Gasteiger partial charge >= 0.3 is 0 Å². The van der Waals surface area contributed by atoms with Gasteiger partial charge in [0.2, 0.25) is 0 Å². The first kappa shape index (κ1) is 26.7. The van der Waals surface area contributed by atoms with Crippen molar-refractivity contribution in [3.05, 3.63) is 66.2 Å². The van der Waals surface area contributed by atoms with Crippen molar-refractivity contribution in [2.45, 2.75) is 31.3 Å². The van der Waals surface area contributed by atoms with Crippen LogP contribution in [-0.4, -0.2) is 85.8 Å². The van der Waals surface area contributed by atoms with Gasteiger partial charge in [0.25, 0.3) is 0 Å². The molecular weight excluding hydrogens is 509 g/mol. The second-order valence-electron chi connectivity index (χ2n) is 10.8. The summed E-state index contributed by atoms with van der Waals surface area (Å²) in [6, 6.07) is 15.3. The van der Waals surface area contributed by atoms with Crippen molar-refractivity contribution in [2.24, 2.45) is 0 Å². The Morgan fingerprint density at radius 1 is 0.925 bits per heavy atom. The average Bonchev–Trinajstić information content (AvgIpc) is 3.48. The summed E-state index contributed by atoms with van der Waals surface area (Å²) in [6.07, 6.45) is 4.67. The van der Waals surface area contributed by atoms with Crippen LogP contribution in [-0.2, 0) is 4.84 Å². The highest BCUT2D eigenvalue weighted by molar-refractivity contribution is 5.69. The van der Waals surface area contributed by atoms with Crippen LogP contribution >= 0.6 is 0 Å². The summed E-state index contributed by atoms with van der Waals surface area (Å²) in [7, 11) is 3.94. The number of piperidine rings is 1. The molecule has 40 heavy (non-hydrogen) atoms. The number of ether oxygens (including phenoxy) is 1. The highest BCUT2D eigenvalue weighted by Crippen LogP contribution is 2.36. The predicted molar refractivity (Wildman–Crippen MR) is 155 cm³/mol. The molecule has 6 rings (SSSR count). The minimum absolute atomic E-state index is 0.0388. The van der Waals surface area contributed by atoms with Crippen LogP contribution in [0.5, 0.6) is 5.75 Å². The molecule has 212 valence electrons. The van der Waals surface area contributed by atoms with E-state index < -0.39 is 0 Å². The van der Waals surface area contributed by atoms with Gasteiger partial charge in [-0.2, -0.15) is 0 Å². The number of hydrogen-bond donors (Lipinski definition) is 1. The van der Waals surface area contributed by atoms with Gasteiger partial charge in [0, 0.05) is 69.6 Å². The Balaban J connectivity index is 1.11. The van der Waals surface area contributed by atoms with E-state index >= 15 is 0 Å². The Hall–Kier alpha value is -3.47. The van der Waals surface area contributed by atoms with Crippen LogP contribution in [0.1, 0.15) is 30.9 Å². The maximum absolute atomic E-state index is 13.4. The van der Waals surface area contributed by atoms with Crippen LogP contribution in [0.3, 0.4) is 0 Å². The minimum Gasteiger partial charge on any atom is -0.495 e. The summed E-state index contributed by atoms with van der Waals surface area (Å²) in [6.45, 7) is 7.30. The SMILES string of the molecule is COc1cc(Nc2cc(N3OCC[C@@H]3c3ccc(F)cc3)ncn2)ccc1N1CCC(N2CCN(C)CC2)CC1. The number of aromatic nitrogens is 2. The Bertz CT molecular complexity index is 1280. The zero-order valence-corrected chi connectivity index (χ0v) is 23.3. The molecule has 1 atom stereocenters. The summed E-state index contributed by atoms with van der Waals surface area (Å²) in [5.74, 6) is 1.90. The van der Waals surface area contributed by atoms with Gasteiger partial charge in [-0.05, 0) is 49.7 Å². The third kappa shape index (κ3) is 5.84. The largest absolute Gasteiger partial charge is 0.495 e. The molecule has 1 N–H and O–H groups in total. The van der Waals surface area contributed by atoms with Crippen molar-refractivity contribution in [3.63, 3.8) is 0 Å². The van der Waals surface area contributed by atoms with E-state index in [0.29, 0.717) is 24.3 Å². The molecule has 4 heterocycles. The molecule has 3 aliphatic rings. The van der Waals surface area contributed by atoms with E-state index in [1.54, 1.807) is 24.3 Å². The van der Waals surface area contributed by atoms with Gasteiger partial charge in [-0.15, -0.1) is 0 Å². The molecule has 2 aromatic carbocycles. The van der Waals surface area contributed by atoms with Crippen molar-refractivity contribution in [2.75, 3.05) is 75.3 Å². The number of halogens is 1. The lowest BCUT2D eigenvalue weighted by molar-refractivity contribution is 0.0981. The lowest BCUT2D eigenvalue weighted by atomic mass is 10.0. The first-order valence-corrected chi connectivity index (χ1v) is 14.2. The second kappa shape index (κ2) is 12.0. The van der Waals surface area contributed by atoms with Crippen LogP contribution in [0.25, 0.3) is 0 Å². The molecule has 0 unspecified atom stereocenters. The number of anilines is 4. The summed E-state index contributed by atoms with van der Waals surface area (Å²) in [4.78, 5) is 22.3. The monoisotopic (exact) mass is 547 g/mol. The molecule has 3 saturated heterocycles. The predicted octanol–water partition coefficient (Wildman–Crippen LogP) is 4.47. The van der Waals surface area contributed by atoms with Crippen LogP contribution in [0.15, 0.2) is 54.9 Å². The summed E-state index contributed by atoms with van der Waals surface area (Å²) < 4.78 is 19.3. The number of nitrogens with one attached hydrogen (secondary N) is 1. The zero-order valence-electron chi connectivity index (χ0n) is 23.3. The number of methoxy groups -OCH3 is 1. The molecule has 0 bridgehead atoms. The van der Waals surface area contributed by atoms with Crippen molar-refractivity contribution in [1.82, 2.24) is 19.8 Å². The van der Waals surface area contributed by atoms with Gasteiger partial charge in [0.1, 0.15) is 23.7 Å². The molecule has 3 aromatic rings. The van der Waals surface area contributed by atoms with E-state index in [4.69, 9.17) is 9.57 Å². The van der Waals surface area contributed by atoms with Crippen LogP contribution in [0.2, 0.25) is 0 Å². The number of hydrogen-bond acceptors (Lipinski definition) is 9. The highest BCUT2D eigenvalue weighted by Gasteiger charge is 2.30. The van der Waals surface area contributed by atoms with Crippen molar-refractivity contribution in [1.29, 1.82) is 0 Å². The Morgan fingerprint density at radius 2 is 1.70 bits per heavy atom. The number of likely N-dealkylation sites (N-methyl/N-ethyl adjacent to an activating group) is 1. The Morgan fingerprint density at radius 3 is 2.45 bits per heavy atom. The van der Waals surface area contributed by atoms with E-state index in [-0.39, 0.29) is 11.9 Å². The first-order chi connectivity index (χ1) is 19.6. The lowest BCUT2D eigenvalue weighted by Crippen LogP contribution is -2.52. The van der Waals surface area contributed by atoms with E-state index in [9.17, 15) is 4.39 Å². The molecule has 3 aliphatic heterocycles. The van der Waals surface area contributed by atoms with Crippen molar-refractivity contribution in [3.8, 4) is 5.75 Å². The quantitative estimate of drug-likeness (QED) is 0.462. The number of nitrogens with zero attached hydrogens (tertiary/aromatic N) is 6. The van der Waals surface area contributed by atoms with Crippen LogP contribution in [0.4, 0.5) is 27.4 Å². The normalized spacial score (nSPS) is 21.1. The maximum Gasteiger partial charge on any atom is 0.158 e. The van der Waals surface area contributed by atoms with Gasteiger partial charge in [0.15, 0.2) is 5.82 Å². The fraction of sp³-hybridized carbons (Fsp3) is 0.467. The average molecular weight is 548 g/mol. The standard InChI is InChI=1S/C30H38FN7O2/c1-35-14-16-36(17-15-35)25-9-12-37(13-10-25)27-8-7-24(19-28(27)39-2)34-29-20-30(33-21-32-29)38-26(11-18-40-38)22-3-5-23(31)6-4-22/h3-8,19-21,25-26H,9-18H2,1-2H3,(H,32,33,34)/t26-/m1/s1. The molecule has 0 aliphatic carbocycles. The number of hydroxylamine groups is 1. The van der Waals surface area contributed by atoms with E-state index in [1.165, 1.54) is 44.4 Å². The smallest absolute Gasteiger partial charge is 0.158 e. The number of piperazine rings is 1. The van der Waals surface area contributed by atoms with Gasteiger partial charge in [0.05, 0.1) is 25.4 Å². The third-order valence-electron chi connectivity index (χ3n) is 8.35. The van der Waals surface area contributed by atoms with Gasteiger partial charge in [-0.1, -0.05) is 12.1 Å². The lowest BCUT2D eigenvalue weighted by Gasteiger charge is -2.42.